The lowest BCUT2D eigenvalue weighted by Gasteiger charge is -2.58. The second-order valence-electron chi connectivity index (χ2n) is 9.77. The molecule has 3 atom stereocenters. The van der Waals surface area contributed by atoms with Crippen LogP contribution in [-0.4, -0.2) is 39.9 Å². The summed E-state index contributed by atoms with van der Waals surface area (Å²) in [4.78, 5) is 6.94. The molecule has 1 saturated carbocycles. The Hall–Kier alpha value is -0.900. The molecule has 0 amide bonds. The summed E-state index contributed by atoms with van der Waals surface area (Å²) in [6.07, 6.45) is 8.21. The maximum Gasteiger partial charge on any atom is 0.168 e. The average Bonchev–Trinajstić information content (AvgIpc) is 2.87. The third-order valence-electron chi connectivity index (χ3n) is 7.87. The van der Waals surface area contributed by atoms with E-state index in [1.165, 1.54) is 57.2 Å². The fraction of sp³-hybridized carbons (Fsp3) is 0.739. The Morgan fingerprint density at radius 2 is 1.81 bits per heavy atom. The van der Waals surface area contributed by atoms with Gasteiger partial charge in [0.05, 0.1) is 6.54 Å². The van der Waals surface area contributed by atoms with Gasteiger partial charge in [-0.1, -0.05) is 56.5 Å². The first-order chi connectivity index (χ1) is 12.4. The van der Waals surface area contributed by atoms with Gasteiger partial charge in [0, 0.05) is 17.5 Å². The molecule has 2 saturated heterocycles. The molecule has 144 valence electrons. The van der Waals surface area contributed by atoms with Crippen LogP contribution < -0.4 is 0 Å². The summed E-state index contributed by atoms with van der Waals surface area (Å²) in [5.74, 6) is 0.658. The van der Waals surface area contributed by atoms with Crippen molar-refractivity contribution in [2.24, 2.45) is 5.92 Å². The Balaban J connectivity index is 1.74. The highest BCUT2D eigenvalue weighted by atomic mass is 16.7. The fourth-order valence-corrected chi connectivity index (χ4v) is 5.83. The third-order valence-corrected chi connectivity index (χ3v) is 7.87. The van der Waals surface area contributed by atoms with Gasteiger partial charge in [0.25, 0.3) is 0 Å². The summed E-state index contributed by atoms with van der Waals surface area (Å²) in [5.41, 5.74) is 1.64. The predicted molar refractivity (Wildman–Crippen MR) is 106 cm³/mol. The lowest BCUT2D eigenvalue weighted by Crippen LogP contribution is -2.73. The molecule has 0 bridgehead atoms. The summed E-state index contributed by atoms with van der Waals surface area (Å²) >= 11 is 0. The molecule has 0 aromatic heterocycles. The van der Waals surface area contributed by atoms with Crippen molar-refractivity contribution in [2.75, 3.05) is 13.1 Å². The molecule has 26 heavy (non-hydrogen) atoms. The molecule has 1 aliphatic carbocycles. The van der Waals surface area contributed by atoms with Gasteiger partial charge in [0.2, 0.25) is 0 Å². The normalized spacial score (nSPS) is 36.2. The average molecular weight is 358 g/mol. The lowest BCUT2D eigenvalue weighted by molar-refractivity contribution is -0.996. The topological polar surface area (TPSA) is 12.5 Å². The van der Waals surface area contributed by atoms with Crippen LogP contribution in [0.15, 0.2) is 30.3 Å². The number of fused-ring (bicyclic) bond motifs is 1. The molecule has 1 aromatic carbocycles. The highest BCUT2D eigenvalue weighted by Crippen LogP contribution is 2.51. The minimum Gasteiger partial charge on any atom is -0.301 e. The summed E-state index contributed by atoms with van der Waals surface area (Å²) in [5, 5.41) is 2.47. The highest BCUT2D eigenvalue weighted by Gasteiger charge is 2.62. The molecule has 1 unspecified atom stereocenters. The zero-order chi connectivity index (χ0) is 18.4. The van der Waals surface area contributed by atoms with Crippen molar-refractivity contribution in [1.29, 1.82) is 0 Å². The van der Waals surface area contributed by atoms with Crippen LogP contribution in [0.3, 0.4) is 0 Å². The number of hydrogen-bond donors (Lipinski definition) is 0. The summed E-state index contributed by atoms with van der Waals surface area (Å²) in [7, 11) is 0. The van der Waals surface area contributed by atoms with Crippen LogP contribution in [0.4, 0.5) is 0 Å². The molecular weight excluding hydrogens is 320 g/mol. The Labute approximate surface area is 159 Å². The van der Waals surface area contributed by atoms with Crippen molar-refractivity contribution in [1.82, 2.24) is 5.06 Å². The lowest BCUT2D eigenvalue weighted by atomic mass is 9.82. The van der Waals surface area contributed by atoms with Crippen LogP contribution >= 0.6 is 0 Å². The van der Waals surface area contributed by atoms with Crippen LogP contribution in [0, 0.1) is 5.92 Å². The van der Waals surface area contributed by atoms with Gasteiger partial charge in [-0.25, -0.2) is 0 Å². The molecule has 3 aliphatic rings. The van der Waals surface area contributed by atoms with Crippen molar-refractivity contribution in [2.45, 2.75) is 90.1 Å². The molecule has 0 radical (unpaired) electrons. The van der Waals surface area contributed by atoms with Crippen molar-refractivity contribution in [3.63, 3.8) is 0 Å². The zero-order valence-electron chi connectivity index (χ0n) is 17.2. The zero-order valence-corrected chi connectivity index (χ0v) is 17.2. The van der Waals surface area contributed by atoms with Gasteiger partial charge >= 0.3 is 0 Å². The van der Waals surface area contributed by atoms with E-state index in [0.29, 0.717) is 12.1 Å². The number of quaternary nitrogens is 1. The van der Waals surface area contributed by atoms with E-state index in [4.69, 9.17) is 4.84 Å². The van der Waals surface area contributed by atoms with Crippen LogP contribution in [0.5, 0.6) is 0 Å². The molecule has 2 aliphatic heterocycles. The van der Waals surface area contributed by atoms with Crippen LogP contribution in [0.2, 0.25) is 0 Å². The molecule has 3 nitrogen and oxygen atoms in total. The van der Waals surface area contributed by atoms with Crippen molar-refractivity contribution < 1.29 is 9.32 Å². The van der Waals surface area contributed by atoms with Crippen molar-refractivity contribution >= 4 is 0 Å². The SMILES string of the molecule is CC[N+]1(Cc2ccccc2)CC2(CCCCC2)ON2[C@@H]1C[C@H](C)C2(C)C. The summed E-state index contributed by atoms with van der Waals surface area (Å²) < 4.78 is 1.16. The highest BCUT2D eigenvalue weighted by molar-refractivity contribution is 5.14. The molecule has 1 spiro atoms. The fourth-order valence-electron chi connectivity index (χ4n) is 5.83. The van der Waals surface area contributed by atoms with E-state index in [9.17, 15) is 0 Å². The van der Waals surface area contributed by atoms with E-state index in [-0.39, 0.29) is 11.1 Å². The largest absolute Gasteiger partial charge is 0.301 e. The molecule has 4 rings (SSSR count). The maximum absolute atomic E-state index is 6.94. The second kappa shape index (κ2) is 6.61. The van der Waals surface area contributed by atoms with E-state index in [1.54, 1.807) is 0 Å². The van der Waals surface area contributed by atoms with Gasteiger partial charge in [-0.05, 0) is 39.5 Å². The van der Waals surface area contributed by atoms with Gasteiger partial charge in [-0.3, -0.25) is 4.84 Å². The van der Waals surface area contributed by atoms with E-state index in [0.717, 1.165) is 11.0 Å². The third kappa shape index (κ3) is 2.93. The molecule has 3 fully saturated rings. The predicted octanol–water partition coefficient (Wildman–Crippen LogP) is 5.12. The van der Waals surface area contributed by atoms with E-state index < -0.39 is 0 Å². The smallest absolute Gasteiger partial charge is 0.168 e. The monoisotopic (exact) mass is 357 g/mol. The first-order valence-corrected chi connectivity index (χ1v) is 10.8. The van der Waals surface area contributed by atoms with Gasteiger partial charge in [-0.15, -0.1) is 5.06 Å². The maximum atomic E-state index is 6.94. The van der Waals surface area contributed by atoms with Crippen LogP contribution in [0.25, 0.3) is 0 Å². The Bertz CT molecular complexity index is 622. The quantitative estimate of drug-likeness (QED) is 0.696. The first kappa shape index (κ1) is 18.5. The van der Waals surface area contributed by atoms with Crippen LogP contribution in [-0.2, 0) is 11.4 Å². The molecular formula is C23H37N2O+. The number of hydrogen-bond acceptors (Lipinski definition) is 2. The van der Waals surface area contributed by atoms with E-state index in [2.05, 4.69) is 63.1 Å². The van der Waals surface area contributed by atoms with Gasteiger partial charge in [0.15, 0.2) is 6.17 Å². The van der Waals surface area contributed by atoms with E-state index in [1.807, 2.05) is 0 Å². The number of hydroxylamine groups is 2. The number of rotatable bonds is 3. The van der Waals surface area contributed by atoms with E-state index >= 15 is 0 Å². The minimum absolute atomic E-state index is 0.0564. The Morgan fingerprint density at radius 3 is 2.46 bits per heavy atom. The van der Waals surface area contributed by atoms with Crippen molar-refractivity contribution in [3.8, 4) is 0 Å². The van der Waals surface area contributed by atoms with Gasteiger partial charge in [-0.2, -0.15) is 0 Å². The number of likely N-dealkylation sites (N-methyl/N-ethyl adjacent to an activating group) is 1. The minimum atomic E-state index is 0.0564. The van der Waals surface area contributed by atoms with Gasteiger partial charge in [0.1, 0.15) is 18.7 Å². The first-order valence-electron chi connectivity index (χ1n) is 10.8. The number of nitrogens with zero attached hydrogens (tertiary/aromatic N) is 2. The van der Waals surface area contributed by atoms with Crippen LogP contribution in [0.1, 0.15) is 71.8 Å². The standard InChI is InChI=1S/C23H37N2O/c1-5-25(17-20-12-8-6-9-13-20)18-23(14-10-7-11-15-23)26-24-21(25)16-19(2)22(24,3)4/h6,8-9,12-13,19,21H,5,7,10-11,14-18H2,1-4H3/q+1/t19-,21-,25?/m0/s1. The summed E-state index contributed by atoms with van der Waals surface area (Å²) in [6, 6.07) is 11.1. The Kier molecular flexibility index (Phi) is 4.70. The molecule has 0 N–H and O–H groups in total. The molecule has 1 aromatic rings. The van der Waals surface area contributed by atoms with Crippen molar-refractivity contribution in [3.05, 3.63) is 35.9 Å². The Morgan fingerprint density at radius 1 is 1.12 bits per heavy atom. The number of benzene rings is 1. The second-order valence-corrected chi connectivity index (χ2v) is 9.77. The molecule has 3 heteroatoms. The summed E-state index contributed by atoms with van der Waals surface area (Å²) in [6.45, 7) is 13.1. The van der Waals surface area contributed by atoms with Gasteiger partial charge < -0.3 is 4.48 Å². The molecule has 2 heterocycles.